The van der Waals surface area contributed by atoms with Gasteiger partial charge < -0.3 is 5.32 Å². The van der Waals surface area contributed by atoms with Crippen molar-refractivity contribution in [1.29, 1.82) is 0 Å². The Bertz CT molecular complexity index is 490. The molecule has 0 aliphatic heterocycles. The van der Waals surface area contributed by atoms with E-state index in [1.807, 2.05) is 11.3 Å². The number of hydrogen-bond acceptors (Lipinski definition) is 2. The van der Waals surface area contributed by atoms with E-state index in [-0.39, 0.29) is 0 Å². The number of benzene rings is 1. The lowest BCUT2D eigenvalue weighted by Crippen LogP contribution is -2.20. The fraction of sp³-hybridized carbons (Fsp3) is 0.375. The number of rotatable bonds is 3. The molecule has 1 atom stereocenters. The molecule has 3 rings (SSSR count). The summed E-state index contributed by atoms with van der Waals surface area (Å²) in [4.78, 5) is 1.43. The summed E-state index contributed by atoms with van der Waals surface area (Å²) in [6, 6.07) is 13.8. The number of hydrogen-bond donors (Lipinski definition) is 1. The van der Waals surface area contributed by atoms with Crippen molar-refractivity contribution in [2.75, 3.05) is 0 Å². The second kappa shape index (κ2) is 5.68. The highest BCUT2D eigenvalue weighted by molar-refractivity contribution is 7.09. The highest BCUT2D eigenvalue weighted by Crippen LogP contribution is 2.28. The predicted molar refractivity (Wildman–Crippen MR) is 77.9 cm³/mol. The van der Waals surface area contributed by atoms with Gasteiger partial charge in [-0.2, -0.15) is 0 Å². The van der Waals surface area contributed by atoms with E-state index in [2.05, 4.69) is 47.1 Å². The third kappa shape index (κ3) is 2.65. The van der Waals surface area contributed by atoms with Gasteiger partial charge in [0, 0.05) is 17.5 Å². The molecule has 0 spiro atoms. The van der Waals surface area contributed by atoms with Crippen molar-refractivity contribution in [3.63, 3.8) is 0 Å². The Morgan fingerprint density at radius 2 is 2.06 bits per heavy atom. The van der Waals surface area contributed by atoms with Gasteiger partial charge in [-0.3, -0.25) is 0 Å². The zero-order valence-electron chi connectivity index (χ0n) is 10.6. The van der Waals surface area contributed by atoms with Crippen LogP contribution in [0.5, 0.6) is 0 Å². The maximum atomic E-state index is 3.73. The molecule has 1 aromatic heterocycles. The molecule has 1 N–H and O–H groups in total. The summed E-state index contributed by atoms with van der Waals surface area (Å²) in [5.41, 5.74) is 3.06. The van der Waals surface area contributed by atoms with E-state index in [1.165, 1.54) is 36.1 Å². The minimum atomic E-state index is 0.533. The van der Waals surface area contributed by atoms with Gasteiger partial charge >= 0.3 is 0 Å². The molecule has 94 valence electrons. The molecule has 0 saturated heterocycles. The number of thiophene rings is 1. The van der Waals surface area contributed by atoms with Crippen LogP contribution in [0.15, 0.2) is 41.8 Å². The molecule has 0 saturated carbocycles. The molecular formula is C16H19NS. The highest BCUT2D eigenvalue weighted by atomic mass is 32.1. The second-order valence-corrected chi connectivity index (χ2v) is 5.99. The Morgan fingerprint density at radius 1 is 1.11 bits per heavy atom. The molecule has 1 aliphatic carbocycles. The second-order valence-electron chi connectivity index (χ2n) is 4.96. The average molecular weight is 257 g/mol. The quantitative estimate of drug-likeness (QED) is 0.808. The lowest BCUT2D eigenvalue weighted by Gasteiger charge is -2.19. The fourth-order valence-corrected chi connectivity index (χ4v) is 3.43. The summed E-state index contributed by atoms with van der Waals surface area (Å²) in [6.45, 7) is 0.997. The van der Waals surface area contributed by atoms with E-state index in [1.54, 1.807) is 5.56 Å². The largest absolute Gasteiger partial charge is 0.305 e. The van der Waals surface area contributed by atoms with Crippen molar-refractivity contribution in [2.24, 2.45) is 0 Å². The summed E-state index contributed by atoms with van der Waals surface area (Å²) in [7, 11) is 0. The molecule has 1 unspecified atom stereocenters. The van der Waals surface area contributed by atoms with Crippen molar-refractivity contribution in [3.05, 3.63) is 57.8 Å². The van der Waals surface area contributed by atoms with Gasteiger partial charge in [0.25, 0.3) is 0 Å². The molecule has 2 aromatic rings. The van der Waals surface area contributed by atoms with Gasteiger partial charge in [-0.25, -0.2) is 0 Å². The summed E-state index contributed by atoms with van der Waals surface area (Å²) in [5.74, 6) is 0. The van der Waals surface area contributed by atoms with Crippen LogP contribution < -0.4 is 5.32 Å². The molecule has 1 aromatic carbocycles. The van der Waals surface area contributed by atoms with Crippen molar-refractivity contribution >= 4 is 11.3 Å². The van der Waals surface area contributed by atoms with Gasteiger partial charge in [-0.15, -0.1) is 11.3 Å². The van der Waals surface area contributed by atoms with Crippen LogP contribution in [-0.2, 0) is 13.0 Å². The third-order valence-electron chi connectivity index (χ3n) is 3.72. The van der Waals surface area contributed by atoms with Gasteiger partial charge in [0.2, 0.25) is 0 Å². The Morgan fingerprint density at radius 3 is 2.94 bits per heavy atom. The highest BCUT2D eigenvalue weighted by Gasteiger charge is 2.17. The minimum absolute atomic E-state index is 0.533. The van der Waals surface area contributed by atoms with Gasteiger partial charge in [-0.1, -0.05) is 36.8 Å². The van der Waals surface area contributed by atoms with Crippen molar-refractivity contribution in [2.45, 2.75) is 38.3 Å². The molecule has 0 fully saturated rings. The van der Waals surface area contributed by atoms with Crippen molar-refractivity contribution in [1.82, 2.24) is 5.32 Å². The molecule has 1 heterocycles. The first kappa shape index (κ1) is 11.9. The van der Waals surface area contributed by atoms with E-state index in [9.17, 15) is 0 Å². The lowest BCUT2D eigenvalue weighted by atomic mass is 9.99. The molecular weight excluding hydrogens is 238 g/mol. The van der Waals surface area contributed by atoms with Crippen LogP contribution in [0.4, 0.5) is 0 Å². The maximum Gasteiger partial charge on any atom is 0.0326 e. The first-order valence-corrected chi connectivity index (χ1v) is 7.65. The van der Waals surface area contributed by atoms with Gasteiger partial charge in [0.1, 0.15) is 0 Å². The molecule has 1 aliphatic rings. The van der Waals surface area contributed by atoms with Crippen LogP contribution in [-0.4, -0.2) is 0 Å². The standard InChI is InChI=1S/C16H19NS/c1-3-9-15-13(6-1)7-2-4-10-16(15)17-12-14-8-5-11-18-14/h1,3,5-6,8-9,11,16-17H,2,4,7,10,12H2. The summed E-state index contributed by atoms with van der Waals surface area (Å²) in [6.07, 6.45) is 5.17. The van der Waals surface area contributed by atoms with E-state index in [4.69, 9.17) is 0 Å². The summed E-state index contributed by atoms with van der Waals surface area (Å²) in [5, 5.41) is 5.88. The smallest absolute Gasteiger partial charge is 0.0326 e. The van der Waals surface area contributed by atoms with Crippen molar-refractivity contribution in [3.8, 4) is 0 Å². The topological polar surface area (TPSA) is 12.0 Å². The minimum Gasteiger partial charge on any atom is -0.305 e. The molecule has 0 bridgehead atoms. The van der Waals surface area contributed by atoms with E-state index < -0.39 is 0 Å². The van der Waals surface area contributed by atoms with Crippen LogP contribution in [0.3, 0.4) is 0 Å². The van der Waals surface area contributed by atoms with E-state index in [0.29, 0.717) is 6.04 Å². The third-order valence-corrected chi connectivity index (χ3v) is 4.60. The van der Waals surface area contributed by atoms with Gasteiger partial charge in [0.15, 0.2) is 0 Å². The Hall–Kier alpha value is -1.12. The number of nitrogens with one attached hydrogen (secondary N) is 1. The number of aryl methyl sites for hydroxylation is 1. The molecule has 2 heteroatoms. The van der Waals surface area contributed by atoms with Gasteiger partial charge in [-0.05, 0) is 41.8 Å². The monoisotopic (exact) mass is 257 g/mol. The van der Waals surface area contributed by atoms with Crippen LogP contribution in [0.2, 0.25) is 0 Å². The van der Waals surface area contributed by atoms with Crippen molar-refractivity contribution < 1.29 is 0 Å². The summed E-state index contributed by atoms with van der Waals surface area (Å²) >= 11 is 1.84. The van der Waals surface area contributed by atoms with Crippen LogP contribution >= 0.6 is 11.3 Å². The number of fused-ring (bicyclic) bond motifs is 1. The Kier molecular flexibility index (Phi) is 3.77. The fourth-order valence-electron chi connectivity index (χ4n) is 2.77. The Balaban J connectivity index is 1.75. The zero-order chi connectivity index (χ0) is 12.2. The van der Waals surface area contributed by atoms with Crippen LogP contribution in [0, 0.1) is 0 Å². The predicted octanol–water partition coefficient (Wildman–Crippen LogP) is 4.31. The first-order chi connectivity index (χ1) is 8.93. The Labute approximate surface area is 113 Å². The molecule has 1 nitrogen and oxygen atoms in total. The van der Waals surface area contributed by atoms with Gasteiger partial charge in [0.05, 0.1) is 0 Å². The normalized spacial score (nSPS) is 19.2. The maximum absolute atomic E-state index is 3.73. The van der Waals surface area contributed by atoms with Crippen LogP contribution in [0.1, 0.15) is 41.3 Å². The van der Waals surface area contributed by atoms with Crippen LogP contribution in [0.25, 0.3) is 0 Å². The van der Waals surface area contributed by atoms with E-state index >= 15 is 0 Å². The molecule has 18 heavy (non-hydrogen) atoms. The summed E-state index contributed by atoms with van der Waals surface area (Å²) < 4.78 is 0. The lowest BCUT2D eigenvalue weighted by molar-refractivity contribution is 0.491. The first-order valence-electron chi connectivity index (χ1n) is 6.77. The average Bonchev–Trinajstić information content (AvgIpc) is 2.84. The molecule has 0 radical (unpaired) electrons. The molecule has 0 amide bonds. The zero-order valence-corrected chi connectivity index (χ0v) is 11.4. The SMILES string of the molecule is c1csc(CNC2CCCCc3ccccc32)c1. The van der Waals surface area contributed by atoms with E-state index in [0.717, 1.165) is 6.54 Å².